The molecule has 0 bridgehead atoms. The van der Waals surface area contributed by atoms with Crippen LogP contribution in [0, 0.1) is 5.92 Å². The zero-order valence-electron chi connectivity index (χ0n) is 66.0. The molecule has 3 rings (SSSR count). The minimum Gasteiger partial charge on any atom is -0.479 e. The highest BCUT2D eigenvalue weighted by Crippen LogP contribution is 2.32. The van der Waals surface area contributed by atoms with Crippen molar-refractivity contribution in [3.63, 3.8) is 0 Å². The Morgan fingerprint density at radius 1 is 0.512 bits per heavy atom. The molecule has 121 heavy (non-hydrogen) atoms. The second-order valence-electron chi connectivity index (χ2n) is 28.0. The number of aliphatic imine (C=N–C) groups is 2. The van der Waals surface area contributed by atoms with Gasteiger partial charge in [0.25, 0.3) is 58.2 Å². The Morgan fingerprint density at radius 2 is 0.893 bits per heavy atom. The second kappa shape index (κ2) is 51.6. The van der Waals surface area contributed by atoms with E-state index in [1.165, 1.54) is 6.92 Å². The summed E-state index contributed by atoms with van der Waals surface area (Å²) in [6.45, 7) is 0.818. The van der Waals surface area contributed by atoms with E-state index in [1.807, 2.05) is 0 Å². The van der Waals surface area contributed by atoms with Crippen LogP contribution in [0.5, 0.6) is 0 Å². The SMILES string of the molecule is CC(=O)N[C@H]1C([C@H](OC(=O)NCCCCCCCCCCC(=O)c2cc(C(=O)CCCCCCCCCCNC(=O)O[C@@H](C3OC(C(=O)O)=C[C@H](N=C(N)N)[C@H]3C)[C@H](O)CO)c(C(=O)NC(CC(=O)NCS(=O)(=O)O)C(=O)CCS(=O)(=O)O)cc2C(=O)NC(CC(=O)NCS(=O)(=O)O)C(=O)CCS(=O)(=O)O)[C@H](O)CO)OC(OC=O)=C[C@@H]1N=C(N)N. The van der Waals surface area contributed by atoms with Gasteiger partial charge in [0.05, 0.1) is 72.9 Å². The number of aliphatic hydroxyl groups excluding tert-OH is 4. The van der Waals surface area contributed by atoms with Gasteiger partial charge in [-0.3, -0.25) is 66.2 Å². The molecule has 0 aromatic heterocycles. The Labute approximate surface area is 695 Å². The number of nitrogens with two attached hydrogens (primary N) is 4. The molecule has 0 saturated carbocycles. The number of hydrogen-bond acceptors (Lipinski definition) is 32. The number of carbonyl (C=O) groups excluding carboxylic acids is 12. The minimum atomic E-state index is -4.95. The second-order valence-corrected chi connectivity index (χ2v) is 34.1. The molecule has 2 heterocycles. The molecule has 0 saturated heterocycles. The van der Waals surface area contributed by atoms with Crippen LogP contribution in [0.25, 0.3) is 0 Å². The smallest absolute Gasteiger partial charge is 0.407 e. The van der Waals surface area contributed by atoms with Crippen molar-refractivity contribution in [2.24, 2.45) is 38.8 Å². The van der Waals surface area contributed by atoms with Gasteiger partial charge in [0.2, 0.25) is 23.5 Å². The number of nitrogens with one attached hydrogen (secondary N) is 7. The van der Waals surface area contributed by atoms with E-state index in [1.54, 1.807) is 10.6 Å². The summed E-state index contributed by atoms with van der Waals surface area (Å²) in [5, 5.41) is 66.0. The molecule has 7 amide bonds. The normalized spacial score (nSPS) is 18.1. The molecule has 0 fully saturated rings. The third-order valence-electron chi connectivity index (χ3n) is 18.3. The van der Waals surface area contributed by atoms with Gasteiger partial charge in [0.15, 0.2) is 53.4 Å². The number of nitrogens with zero attached hydrogens (tertiary/aromatic N) is 2. The molecule has 1 aromatic rings. The average molecular weight is 1810 g/mol. The van der Waals surface area contributed by atoms with Crippen molar-refractivity contribution in [3.8, 4) is 0 Å². The molecule has 52 heteroatoms. The molecule has 0 aliphatic carbocycles. The highest BCUT2D eigenvalue weighted by Gasteiger charge is 2.47. The highest BCUT2D eigenvalue weighted by atomic mass is 32.2. The fourth-order valence-corrected chi connectivity index (χ4v) is 13.9. The van der Waals surface area contributed by atoms with Gasteiger partial charge in [0, 0.05) is 68.8 Å². The van der Waals surface area contributed by atoms with Crippen LogP contribution in [0.1, 0.15) is 197 Å². The van der Waals surface area contributed by atoms with Gasteiger partial charge in [-0.2, -0.15) is 33.7 Å². The first-order chi connectivity index (χ1) is 56.6. The van der Waals surface area contributed by atoms with Crippen LogP contribution >= 0.6 is 0 Å². The molecular weight excluding hydrogens is 1700 g/mol. The van der Waals surface area contributed by atoms with E-state index in [-0.39, 0.29) is 32.4 Å². The number of aliphatic carboxylic acids is 1. The number of hydrogen-bond donors (Lipinski definition) is 20. The third kappa shape index (κ3) is 40.8. The van der Waals surface area contributed by atoms with Crippen molar-refractivity contribution < 1.29 is 163 Å². The fourth-order valence-electron chi connectivity index (χ4n) is 12.3. The van der Waals surface area contributed by atoms with Crippen LogP contribution in [0.2, 0.25) is 0 Å². The zero-order chi connectivity index (χ0) is 91.1. The van der Waals surface area contributed by atoms with Crippen molar-refractivity contribution in [1.29, 1.82) is 0 Å². The van der Waals surface area contributed by atoms with Crippen LogP contribution in [-0.4, -0.2) is 283 Å². The van der Waals surface area contributed by atoms with E-state index >= 15 is 0 Å². The van der Waals surface area contributed by atoms with Gasteiger partial charge >= 0.3 is 24.6 Å². The molecule has 24 N–H and O–H groups in total. The maximum atomic E-state index is 14.8. The van der Waals surface area contributed by atoms with Gasteiger partial charge in [-0.05, 0) is 43.9 Å². The average Bonchev–Trinajstić information content (AvgIpc) is 0.759. The first-order valence-electron chi connectivity index (χ1n) is 37.8. The van der Waals surface area contributed by atoms with E-state index in [2.05, 4.69) is 36.6 Å². The van der Waals surface area contributed by atoms with Crippen molar-refractivity contribution in [2.75, 3.05) is 49.6 Å². The van der Waals surface area contributed by atoms with E-state index in [0.717, 1.165) is 25.1 Å². The summed E-state index contributed by atoms with van der Waals surface area (Å²) in [5.41, 5.74) is 19.1. The third-order valence-corrected chi connectivity index (χ3v) is 20.7. The van der Waals surface area contributed by atoms with E-state index in [4.69, 9.17) is 46.6 Å². The van der Waals surface area contributed by atoms with Crippen LogP contribution in [0.15, 0.2) is 46.0 Å². The summed E-state index contributed by atoms with van der Waals surface area (Å²) in [6, 6.07) is -6.41. The molecule has 1 aromatic carbocycles. The van der Waals surface area contributed by atoms with Crippen molar-refractivity contribution in [2.45, 2.75) is 222 Å². The summed E-state index contributed by atoms with van der Waals surface area (Å²) >= 11 is 0. The van der Waals surface area contributed by atoms with Crippen molar-refractivity contribution in [1.82, 2.24) is 37.2 Å². The van der Waals surface area contributed by atoms with Crippen LogP contribution in [0.4, 0.5) is 9.59 Å². The number of guanidine groups is 2. The van der Waals surface area contributed by atoms with E-state index < -0.39 is 305 Å². The summed E-state index contributed by atoms with van der Waals surface area (Å²) in [6.07, 6.45) is -8.29. The number of carbonyl (C=O) groups is 13. The molecule has 12 atom stereocenters. The summed E-state index contributed by atoms with van der Waals surface area (Å²) in [4.78, 5) is 182. The monoisotopic (exact) mass is 1810 g/mol. The lowest BCUT2D eigenvalue weighted by Gasteiger charge is -2.39. The first-order valence-corrected chi connectivity index (χ1v) is 44.3. The minimum absolute atomic E-state index is 0.00861. The molecule has 0 spiro atoms. The van der Waals surface area contributed by atoms with E-state index in [0.29, 0.717) is 96.0 Å². The van der Waals surface area contributed by atoms with Gasteiger partial charge in [-0.25, -0.2) is 24.4 Å². The summed E-state index contributed by atoms with van der Waals surface area (Å²) in [7, 11) is -19.8. The van der Waals surface area contributed by atoms with Gasteiger partial charge in [0.1, 0.15) is 36.1 Å². The molecule has 0 radical (unpaired) electrons. The topological polar surface area (TPSA) is 800 Å². The Hall–Kier alpha value is -10.2. The Kier molecular flexibility index (Phi) is 44.8. The standard InChI is InChI=1S/C69H107N13O35S4/c1-38-44(81-66(70)71)29-54(65(97)98)114-59(38)60(52(91)33-83)116-68(99)74-23-17-13-9-5-3-7-11-15-19-48(87)40-27-41(49(88)20-16-12-8-4-6-10-14-18-24-75-69(100)117-61(53(92)34-84)62-58(78-39(2)86)47(82-67(72)73)32-57(115-62)113-37-85)43(64(96)80-46(51(90)22-26-119(104,105)106)31-56(94)77-36-121(110,111)112)28-42(40)63(95)79-45(50(89)21-25-118(101,102)103)30-55(93)76-35-120(107,108)109/h27-29,32,37-38,44-47,52-53,58-62,83-84,91-92H,3-26,30-31,33-36H2,1-2H3,(H,74,99)(H,75,100)(H,76,93)(H,77,94)(H,78,86)(H,79,95)(H,80,96)(H,97,98)(H4,70,71,81)(H4,72,73,82)(H,101,102,103)(H,104,105,106)(H,107,108,109)(H,110,111,112)/t38-,44+,45?,46?,47+,52-,53-,58-,59?,60-,61-,62?/m1/s1. The lowest BCUT2D eigenvalue weighted by molar-refractivity contribution is -0.149. The predicted molar refractivity (Wildman–Crippen MR) is 421 cm³/mol. The van der Waals surface area contributed by atoms with Gasteiger partial charge in [-0.15, -0.1) is 0 Å². The summed E-state index contributed by atoms with van der Waals surface area (Å²) in [5.74, 6) is -20.8. The van der Waals surface area contributed by atoms with Gasteiger partial charge < -0.3 is 109 Å². The van der Waals surface area contributed by atoms with Crippen LogP contribution < -0.4 is 60.2 Å². The number of amides is 7. The first kappa shape index (κ1) is 105. The largest absolute Gasteiger partial charge is 0.479 e. The van der Waals surface area contributed by atoms with Crippen molar-refractivity contribution >= 4 is 130 Å². The number of rotatable bonds is 58. The number of alkyl carbamates (subject to hydrolysis) is 2. The molecule has 2 aliphatic rings. The number of unbranched alkanes of at least 4 members (excludes halogenated alkanes) is 14. The lowest BCUT2D eigenvalue weighted by Crippen LogP contribution is -2.61. The number of carboxylic acids is 1. The molecule has 48 nitrogen and oxygen atoms in total. The number of benzene rings is 1. The Balaban J connectivity index is 1.94. The lowest BCUT2D eigenvalue weighted by atomic mass is 9.87. The Morgan fingerprint density at radius 3 is 1.26 bits per heavy atom. The molecular formula is C69H107N13O35S4. The maximum absolute atomic E-state index is 14.8. The highest BCUT2D eigenvalue weighted by molar-refractivity contribution is 7.86. The number of ketones is 4. The molecule has 4 unspecified atom stereocenters. The van der Waals surface area contributed by atoms with Crippen LogP contribution in [-0.2, 0) is 97.7 Å². The number of aliphatic hydroxyl groups is 4. The summed E-state index contributed by atoms with van der Waals surface area (Å²) < 4.78 is 158. The van der Waals surface area contributed by atoms with Crippen LogP contribution in [0.3, 0.4) is 0 Å². The number of Topliss-reactive ketones (excluding diaryl/α,β-unsaturated/α-hetero) is 4. The van der Waals surface area contributed by atoms with E-state index in [9.17, 15) is 140 Å². The molecule has 2 aliphatic heterocycles. The number of ether oxygens (including phenoxy) is 5. The fraction of sp³-hybridized carbons (Fsp3) is 0.638. The number of carboxylic acid groups (broad SMARTS) is 1. The zero-order valence-corrected chi connectivity index (χ0v) is 69.3. The predicted octanol–water partition coefficient (Wildman–Crippen LogP) is -3.23. The van der Waals surface area contributed by atoms with Crippen molar-refractivity contribution in [3.05, 3.63) is 58.2 Å². The molecule has 682 valence electrons. The quantitative estimate of drug-likeness (QED) is 0.00580. The maximum Gasteiger partial charge on any atom is 0.407 e. The Bertz CT molecular complexity index is 4260. The van der Waals surface area contributed by atoms with Gasteiger partial charge in [-0.1, -0.05) is 84.0 Å².